The Morgan fingerprint density at radius 1 is 1.54 bits per heavy atom. The fourth-order valence-electron chi connectivity index (χ4n) is 1.39. The molecular weight excluding hydrogens is 200 g/mol. The number of hydrogen-bond acceptors (Lipinski definition) is 3. The third-order valence-corrected chi connectivity index (χ3v) is 5.08. The lowest BCUT2D eigenvalue weighted by Gasteiger charge is -2.25. The molecule has 0 saturated carbocycles. The number of rotatable bonds is 5. The minimum absolute atomic E-state index is 0.0993. The number of allylic oxidation sites excluding steroid dienone is 1. The van der Waals surface area contributed by atoms with Crippen LogP contribution in [0.4, 0.5) is 0 Å². The van der Waals surface area contributed by atoms with Gasteiger partial charge in [-0.1, -0.05) is 6.08 Å². The summed E-state index contributed by atoms with van der Waals surface area (Å²) in [6, 6.07) is 0. The maximum Gasteiger partial charge on any atom is 0.0666 e. The molecule has 1 saturated heterocycles. The summed E-state index contributed by atoms with van der Waals surface area (Å²) in [4.78, 5) is 0. The average molecular weight is 218 g/mol. The van der Waals surface area contributed by atoms with Crippen LogP contribution in [0.15, 0.2) is 12.7 Å². The monoisotopic (exact) mass is 218 g/mol. The Kier molecular flexibility index (Phi) is 6.00. The van der Waals surface area contributed by atoms with E-state index in [1.165, 1.54) is 11.5 Å². The van der Waals surface area contributed by atoms with E-state index in [4.69, 9.17) is 0 Å². The highest BCUT2D eigenvalue weighted by Gasteiger charge is 2.21. The van der Waals surface area contributed by atoms with Crippen molar-refractivity contribution in [3.05, 3.63) is 12.7 Å². The smallest absolute Gasteiger partial charge is 0.0666 e. The van der Waals surface area contributed by atoms with Crippen LogP contribution in [0.25, 0.3) is 0 Å². The minimum atomic E-state index is -0.0993. The van der Waals surface area contributed by atoms with Crippen molar-refractivity contribution in [3.63, 3.8) is 0 Å². The molecule has 2 atom stereocenters. The topological polar surface area (TPSA) is 20.2 Å². The summed E-state index contributed by atoms with van der Waals surface area (Å²) in [5, 5.41) is 10.3. The van der Waals surface area contributed by atoms with Gasteiger partial charge in [0.15, 0.2) is 0 Å². The van der Waals surface area contributed by atoms with E-state index in [-0.39, 0.29) is 6.10 Å². The van der Waals surface area contributed by atoms with Gasteiger partial charge in [-0.3, -0.25) is 0 Å². The van der Waals surface area contributed by atoms with E-state index < -0.39 is 0 Å². The van der Waals surface area contributed by atoms with Crippen molar-refractivity contribution in [1.82, 2.24) is 0 Å². The lowest BCUT2D eigenvalue weighted by molar-refractivity contribution is 0.164. The highest BCUT2D eigenvalue weighted by atomic mass is 32.2. The Morgan fingerprint density at radius 3 is 3.00 bits per heavy atom. The number of aliphatic hydroxyl groups excluding tert-OH is 1. The zero-order chi connectivity index (χ0) is 9.52. The van der Waals surface area contributed by atoms with Crippen molar-refractivity contribution in [2.24, 2.45) is 0 Å². The van der Waals surface area contributed by atoms with Crippen molar-refractivity contribution in [2.75, 3.05) is 17.3 Å². The Balaban J connectivity index is 2.13. The van der Waals surface area contributed by atoms with Crippen LogP contribution in [0.1, 0.15) is 19.3 Å². The fraction of sp³-hybridized carbons (Fsp3) is 0.800. The van der Waals surface area contributed by atoms with Crippen molar-refractivity contribution in [1.29, 1.82) is 0 Å². The molecule has 1 nitrogen and oxygen atoms in total. The molecule has 76 valence electrons. The quantitative estimate of drug-likeness (QED) is 0.566. The van der Waals surface area contributed by atoms with E-state index in [1.807, 2.05) is 29.6 Å². The van der Waals surface area contributed by atoms with E-state index in [0.29, 0.717) is 5.25 Å². The summed E-state index contributed by atoms with van der Waals surface area (Å²) in [6.07, 6.45) is 4.87. The largest absolute Gasteiger partial charge is 0.392 e. The molecule has 0 aromatic rings. The summed E-state index contributed by atoms with van der Waals surface area (Å²) in [6.45, 7) is 3.68. The second-order valence-corrected chi connectivity index (χ2v) is 5.77. The molecule has 0 aromatic heterocycles. The fourth-order valence-corrected chi connectivity index (χ4v) is 4.20. The van der Waals surface area contributed by atoms with Gasteiger partial charge in [0.1, 0.15) is 0 Å². The summed E-state index contributed by atoms with van der Waals surface area (Å²) in [5.74, 6) is 3.58. The zero-order valence-electron chi connectivity index (χ0n) is 7.95. The normalized spacial score (nSPS) is 25.5. The van der Waals surface area contributed by atoms with Crippen molar-refractivity contribution < 1.29 is 5.11 Å². The van der Waals surface area contributed by atoms with Crippen LogP contribution < -0.4 is 0 Å². The highest BCUT2D eigenvalue weighted by Crippen LogP contribution is 2.28. The van der Waals surface area contributed by atoms with E-state index >= 15 is 0 Å². The van der Waals surface area contributed by atoms with Gasteiger partial charge in [-0.2, -0.15) is 23.5 Å². The molecular formula is C10H18OS2. The van der Waals surface area contributed by atoms with Crippen molar-refractivity contribution >= 4 is 23.5 Å². The lowest BCUT2D eigenvalue weighted by atomic mass is 10.1. The van der Waals surface area contributed by atoms with E-state index in [1.54, 1.807) is 0 Å². The molecule has 1 heterocycles. The van der Waals surface area contributed by atoms with Crippen molar-refractivity contribution in [2.45, 2.75) is 30.6 Å². The summed E-state index contributed by atoms with van der Waals surface area (Å²) in [7, 11) is 0. The number of hydrogen-bond donors (Lipinski definition) is 1. The molecule has 1 aliphatic rings. The summed E-state index contributed by atoms with van der Waals surface area (Å²) >= 11 is 3.90. The maximum absolute atomic E-state index is 9.83. The molecule has 2 unspecified atom stereocenters. The van der Waals surface area contributed by atoms with Gasteiger partial charge in [0.2, 0.25) is 0 Å². The third kappa shape index (κ3) is 4.43. The zero-order valence-corrected chi connectivity index (χ0v) is 9.58. The lowest BCUT2D eigenvalue weighted by Crippen LogP contribution is -2.28. The van der Waals surface area contributed by atoms with Crippen LogP contribution in [0, 0.1) is 0 Å². The van der Waals surface area contributed by atoms with Gasteiger partial charge >= 0.3 is 0 Å². The van der Waals surface area contributed by atoms with E-state index in [9.17, 15) is 5.11 Å². The molecule has 0 aromatic carbocycles. The first-order chi connectivity index (χ1) is 6.34. The minimum Gasteiger partial charge on any atom is -0.392 e. The second-order valence-electron chi connectivity index (χ2n) is 3.27. The molecule has 0 radical (unpaired) electrons. The van der Waals surface area contributed by atoms with Crippen LogP contribution in [-0.2, 0) is 0 Å². The van der Waals surface area contributed by atoms with Gasteiger partial charge in [0.25, 0.3) is 0 Å². The summed E-state index contributed by atoms with van der Waals surface area (Å²) < 4.78 is 0. The molecule has 0 spiro atoms. The molecule has 1 rings (SSSR count). The number of thioether (sulfide) groups is 2. The van der Waals surface area contributed by atoms with Crippen LogP contribution in [0.5, 0.6) is 0 Å². The number of unbranched alkanes of at least 4 members (excludes halogenated alkanes) is 1. The van der Waals surface area contributed by atoms with Crippen LogP contribution in [0.3, 0.4) is 0 Å². The van der Waals surface area contributed by atoms with E-state index in [0.717, 1.165) is 25.0 Å². The average Bonchev–Trinajstić information content (AvgIpc) is 2.19. The second kappa shape index (κ2) is 6.80. The first-order valence-corrected chi connectivity index (χ1v) is 7.03. The molecule has 1 aliphatic heterocycles. The van der Waals surface area contributed by atoms with Gasteiger partial charge < -0.3 is 5.11 Å². The molecule has 0 bridgehead atoms. The van der Waals surface area contributed by atoms with Gasteiger partial charge in [-0.25, -0.2) is 0 Å². The van der Waals surface area contributed by atoms with Crippen LogP contribution in [0.2, 0.25) is 0 Å². The maximum atomic E-state index is 9.83. The van der Waals surface area contributed by atoms with Crippen LogP contribution in [-0.4, -0.2) is 33.7 Å². The van der Waals surface area contributed by atoms with Gasteiger partial charge in [-0.15, -0.1) is 6.58 Å². The first-order valence-electron chi connectivity index (χ1n) is 4.83. The molecule has 3 heteroatoms. The van der Waals surface area contributed by atoms with Gasteiger partial charge in [0.05, 0.1) is 6.10 Å². The molecule has 1 fully saturated rings. The first kappa shape index (κ1) is 11.5. The van der Waals surface area contributed by atoms with Gasteiger partial charge in [-0.05, 0) is 19.3 Å². The Bertz CT molecular complexity index is 144. The predicted octanol–water partition coefficient (Wildman–Crippen LogP) is 2.55. The van der Waals surface area contributed by atoms with E-state index in [2.05, 4.69) is 6.58 Å². The SMILES string of the molecule is C=CCCCC(O)C1CSCCS1. The molecule has 0 amide bonds. The number of aliphatic hydroxyl groups is 1. The molecule has 13 heavy (non-hydrogen) atoms. The predicted molar refractivity (Wildman–Crippen MR) is 63.6 cm³/mol. The Morgan fingerprint density at radius 2 is 2.38 bits per heavy atom. The van der Waals surface area contributed by atoms with Gasteiger partial charge in [0, 0.05) is 22.5 Å². The molecule has 1 N–H and O–H groups in total. The standard InChI is InChI=1S/C10H18OS2/c1-2-3-4-5-9(11)10-8-12-6-7-13-10/h2,9-11H,1,3-8H2. The highest BCUT2D eigenvalue weighted by molar-refractivity contribution is 8.06. The Labute approximate surface area is 89.4 Å². The summed E-state index contributed by atoms with van der Waals surface area (Å²) in [5.41, 5.74) is 0. The van der Waals surface area contributed by atoms with Crippen molar-refractivity contribution in [3.8, 4) is 0 Å². The third-order valence-electron chi connectivity index (χ3n) is 2.18. The molecule has 0 aliphatic carbocycles. The Hall–Kier alpha value is 0.400. The van der Waals surface area contributed by atoms with Crippen LogP contribution >= 0.6 is 23.5 Å².